The zero-order chi connectivity index (χ0) is 19.8. The number of hydrogen-bond donors (Lipinski definition) is 2. The summed E-state index contributed by atoms with van der Waals surface area (Å²) >= 11 is 0. The van der Waals surface area contributed by atoms with Crippen molar-refractivity contribution >= 4 is 17.6 Å². The summed E-state index contributed by atoms with van der Waals surface area (Å²) in [6, 6.07) is 16.3. The number of nitrogens with one attached hydrogen (secondary N) is 2. The van der Waals surface area contributed by atoms with Gasteiger partial charge < -0.3 is 10.1 Å². The van der Waals surface area contributed by atoms with Crippen molar-refractivity contribution < 1.29 is 13.9 Å². The number of hydrogen-bond acceptors (Lipinski definition) is 4. The summed E-state index contributed by atoms with van der Waals surface area (Å²) in [5, 5.41) is 5.80. The van der Waals surface area contributed by atoms with E-state index < -0.39 is 11.7 Å². The van der Waals surface area contributed by atoms with Crippen LogP contribution < -0.4 is 15.4 Å². The van der Waals surface area contributed by atoms with Crippen LogP contribution in [-0.4, -0.2) is 24.0 Å². The highest BCUT2D eigenvalue weighted by atomic mass is 19.1. The van der Waals surface area contributed by atoms with Gasteiger partial charge in [-0.05, 0) is 48.0 Å². The number of carbonyl (C=O) groups is 1. The Morgan fingerprint density at radius 2 is 1.89 bits per heavy atom. The molecule has 0 bridgehead atoms. The molecule has 0 saturated carbocycles. The van der Waals surface area contributed by atoms with E-state index in [1.54, 1.807) is 25.6 Å². The Bertz CT molecular complexity index is 960. The molecule has 2 N–H and O–H groups in total. The van der Waals surface area contributed by atoms with E-state index in [1.165, 1.54) is 24.3 Å². The van der Waals surface area contributed by atoms with Crippen LogP contribution in [0.1, 0.15) is 15.9 Å². The summed E-state index contributed by atoms with van der Waals surface area (Å²) < 4.78 is 18.4. The van der Waals surface area contributed by atoms with Crippen molar-refractivity contribution in [3.63, 3.8) is 0 Å². The van der Waals surface area contributed by atoms with Gasteiger partial charge in [-0.25, -0.2) is 9.38 Å². The van der Waals surface area contributed by atoms with Crippen molar-refractivity contribution in [2.75, 3.05) is 12.4 Å². The molecule has 3 aromatic rings. The Morgan fingerprint density at radius 1 is 1.11 bits per heavy atom. The van der Waals surface area contributed by atoms with Gasteiger partial charge in [0.1, 0.15) is 11.6 Å². The van der Waals surface area contributed by atoms with E-state index in [2.05, 4.69) is 20.6 Å². The van der Waals surface area contributed by atoms with Crippen molar-refractivity contribution in [1.82, 2.24) is 10.3 Å². The van der Waals surface area contributed by atoms with Crippen molar-refractivity contribution in [2.45, 2.75) is 6.54 Å². The number of para-hydroxylation sites is 2. The molecule has 0 aliphatic heterocycles. The number of methoxy groups -OCH3 is 1. The number of anilines is 1. The van der Waals surface area contributed by atoms with Gasteiger partial charge in [0.05, 0.1) is 19.3 Å². The van der Waals surface area contributed by atoms with Crippen LogP contribution in [0.2, 0.25) is 0 Å². The smallest absolute Gasteiger partial charge is 0.257 e. The molecule has 1 heterocycles. The van der Waals surface area contributed by atoms with Gasteiger partial charge in [0.15, 0.2) is 0 Å². The van der Waals surface area contributed by atoms with Crippen molar-refractivity contribution in [1.29, 1.82) is 0 Å². The maximum absolute atomic E-state index is 13.1. The third-order valence-electron chi connectivity index (χ3n) is 3.84. The molecule has 0 fully saturated rings. The first-order valence-corrected chi connectivity index (χ1v) is 8.56. The number of pyridine rings is 1. The van der Waals surface area contributed by atoms with Gasteiger partial charge in [-0.3, -0.25) is 15.1 Å². The molecule has 6 nitrogen and oxygen atoms in total. The van der Waals surface area contributed by atoms with E-state index in [9.17, 15) is 9.18 Å². The lowest BCUT2D eigenvalue weighted by Crippen LogP contribution is -2.36. The predicted octanol–water partition coefficient (Wildman–Crippen LogP) is 3.63. The maximum atomic E-state index is 13.1. The number of ether oxygens (including phenoxy) is 1. The first-order chi connectivity index (χ1) is 13.7. The number of aromatic nitrogens is 1. The van der Waals surface area contributed by atoms with E-state index in [-0.39, 0.29) is 5.96 Å². The Labute approximate surface area is 162 Å². The number of guanidine groups is 1. The molecule has 0 radical (unpaired) electrons. The monoisotopic (exact) mass is 378 g/mol. The first-order valence-electron chi connectivity index (χ1n) is 8.56. The van der Waals surface area contributed by atoms with Crippen LogP contribution in [0.15, 0.2) is 78.0 Å². The number of nitrogens with zero attached hydrogens (tertiary/aromatic N) is 2. The largest absolute Gasteiger partial charge is 0.495 e. The number of amides is 1. The number of carbonyl (C=O) groups excluding carboxylic acids is 1. The Hall–Kier alpha value is -3.74. The second-order valence-electron chi connectivity index (χ2n) is 5.81. The van der Waals surface area contributed by atoms with Crippen molar-refractivity contribution in [2.24, 2.45) is 4.99 Å². The molecule has 2 aromatic carbocycles. The van der Waals surface area contributed by atoms with Gasteiger partial charge in [-0.1, -0.05) is 18.2 Å². The Kier molecular flexibility index (Phi) is 6.30. The molecule has 0 saturated heterocycles. The second-order valence-corrected chi connectivity index (χ2v) is 5.81. The molecular weight excluding hydrogens is 359 g/mol. The lowest BCUT2D eigenvalue weighted by atomic mass is 10.2. The SMILES string of the molecule is COc1ccccc1NC(=NCc1cccnc1)NC(=O)c1ccc(F)cc1. The molecule has 7 heteroatoms. The van der Waals surface area contributed by atoms with Crippen LogP contribution in [0.5, 0.6) is 5.75 Å². The maximum Gasteiger partial charge on any atom is 0.257 e. The number of benzene rings is 2. The first kappa shape index (κ1) is 19.0. The van der Waals surface area contributed by atoms with E-state index in [4.69, 9.17) is 4.74 Å². The third kappa shape index (κ3) is 5.14. The van der Waals surface area contributed by atoms with Crippen LogP contribution in [-0.2, 0) is 6.54 Å². The van der Waals surface area contributed by atoms with Crippen LogP contribution in [0.25, 0.3) is 0 Å². The molecule has 0 aliphatic carbocycles. The normalized spacial score (nSPS) is 11.0. The molecule has 3 rings (SSSR count). The van der Waals surface area contributed by atoms with E-state index in [0.29, 0.717) is 23.5 Å². The van der Waals surface area contributed by atoms with Gasteiger partial charge in [0.25, 0.3) is 5.91 Å². The molecule has 142 valence electrons. The van der Waals surface area contributed by atoms with Gasteiger partial charge in [0, 0.05) is 18.0 Å². The highest BCUT2D eigenvalue weighted by Crippen LogP contribution is 2.22. The molecule has 1 amide bonds. The van der Waals surface area contributed by atoms with Gasteiger partial charge in [0.2, 0.25) is 5.96 Å². The number of rotatable bonds is 5. The Morgan fingerprint density at radius 3 is 2.61 bits per heavy atom. The van der Waals surface area contributed by atoms with Gasteiger partial charge in [-0.15, -0.1) is 0 Å². The minimum atomic E-state index is -0.410. The lowest BCUT2D eigenvalue weighted by molar-refractivity contribution is 0.0977. The molecule has 0 aliphatic rings. The summed E-state index contributed by atoms with van der Waals surface area (Å²) in [6.07, 6.45) is 3.38. The van der Waals surface area contributed by atoms with Crippen LogP contribution in [0, 0.1) is 5.82 Å². The number of halogens is 1. The van der Waals surface area contributed by atoms with Crippen molar-refractivity contribution in [3.8, 4) is 5.75 Å². The average Bonchev–Trinajstić information content (AvgIpc) is 2.73. The molecule has 0 atom stereocenters. The summed E-state index contributed by atoms with van der Waals surface area (Å²) in [6.45, 7) is 0.315. The van der Waals surface area contributed by atoms with E-state index in [0.717, 1.165) is 5.56 Å². The fourth-order valence-corrected chi connectivity index (χ4v) is 2.43. The highest BCUT2D eigenvalue weighted by Gasteiger charge is 2.11. The summed E-state index contributed by atoms with van der Waals surface area (Å²) in [4.78, 5) is 21.0. The molecule has 0 unspecified atom stereocenters. The zero-order valence-corrected chi connectivity index (χ0v) is 15.2. The minimum Gasteiger partial charge on any atom is -0.495 e. The summed E-state index contributed by atoms with van der Waals surface area (Å²) in [5.41, 5.74) is 1.85. The average molecular weight is 378 g/mol. The van der Waals surface area contributed by atoms with Gasteiger partial charge >= 0.3 is 0 Å². The van der Waals surface area contributed by atoms with Crippen LogP contribution in [0.4, 0.5) is 10.1 Å². The zero-order valence-electron chi connectivity index (χ0n) is 15.2. The van der Waals surface area contributed by atoms with Crippen LogP contribution >= 0.6 is 0 Å². The summed E-state index contributed by atoms with van der Waals surface area (Å²) in [7, 11) is 1.56. The molecule has 1 aromatic heterocycles. The van der Waals surface area contributed by atoms with Crippen LogP contribution in [0.3, 0.4) is 0 Å². The molecular formula is C21H19FN4O2. The number of aliphatic imine (C=N–C) groups is 1. The lowest BCUT2D eigenvalue weighted by Gasteiger charge is -2.14. The fraction of sp³-hybridized carbons (Fsp3) is 0.0952. The van der Waals surface area contributed by atoms with E-state index in [1.807, 2.05) is 30.3 Å². The topological polar surface area (TPSA) is 75.6 Å². The van der Waals surface area contributed by atoms with E-state index >= 15 is 0 Å². The van der Waals surface area contributed by atoms with Crippen molar-refractivity contribution in [3.05, 3.63) is 90.0 Å². The fourth-order valence-electron chi connectivity index (χ4n) is 2.43. The van der Waals surface area contributed by atoms with Gasteiger partial charge in [-0.2, -0.15) is 0 Å². The highest BCUT2D eigenvalue weighted by molar-refractivity contribution is 6.10. The predicted molar refractivity (Wildman–Crippen MR) is 106 cm³/mol. The Balaban J connectivity index is 1.83. The second kappa shape index (κ2) is 9.27. The molecule has 28 heavy (non-hydrogen) atoms. The third-order valence-corrected chi connectivity index (χ3v) is 3.84. The standard InChI is InChI=1S/C21H19FN4O2/c1-28-19-7-3-2-6-18(19)25-21(24-14-15-5-4-12-23-13-15)26-20(27)16-8-10-17(22)11-9-16/h2-13H,14H2,1H3,(H2,24,25,26,27). The minimum absolute atomic E-state index is 0.239. The molecule has 0 spiro atoms. The quantitative estimate of drug-likeness (QED) is 0.525. The summed E-state index contributed by atoms with van der Waals surface area (Å²) in [5.74, 6) is 0.0248.